The molecule has 2 aliphatic rings. The number of hydrogen-bond acceptors (Lipinski definition) is 4. The average Bonchev–Trinajstić information content (AvgIpc) is 3.19. The molecule has 0 bridgehead atoms. The molecule has 1 saturated heterocycles. The van der Waals surface area contributed by atoms with Crippen LogP contribution in [0.25, 0.3) is 10.9 Å². The van der Waals surface area contributed by atoms with Crippen molar-refractivity contribution in [3.63, 3.8) is 0 Å². The second-order valence-corrected chi connectivity index (χ2v) is 10.6. The summed E-state index contributed by atoms with van der Waals surface area (Å²) >= 11 is 0. The Kier molecular flexibility index (Phi) is 6.20. The maximum absolute atomic E-state index is 14.0. The van der Waals surface area contributed by atoms with Crippen molar-refractivity contribution in [2.24, 2.45) is 7.05 Å². The van der Waals surface area contributed by atoms with Crippen molar-refractivity contribution in [1.29, 1.82) is 0 Å². The summed E-state index contributed by atoms with van der Waals surface area (Å²) in [5.41, 5.74) is 4.87. The van der Waals surface area contributed by atoms with Gasteiger partial charge in [-0.25, -0.2) is 4.39 Å². The van der Waals surface area contributed by atoms with Gasteiger partial charge in [-0.15, -0.1) is 0 Å². The van der Waals surface area contributed by atoms with Gasteiger partial charge in [-0.05, 0) is 41.0 Å². The van der Waals surface area contributed by atoms with Gasteiger partial charge in [0, 0.05) is 55.8 Å². The summed E-state index contributed by atoms with van der Waals surface area (Å²) in [6.45, 7) is 2.33. The molecule has 6 rings (SSSR count). The molecule has 1 aromatic heterocycles. The predicted molar refractivity (Wildman–Crippen MR) is 145 cm³/mol. The Morgan fingerprint density at radius 2 is 1.79 bits per heavy atom. The Bertz CT molecular complexity index is 1490. The van der Waals surface area contributed by atoms with Crippen LogP contribution in [0.5, 0.6) is 5.75 Å². The van der Waals surface area contributed by atoms with Crippen LogP contribution in [0.1, 0.15) is 28.4 Å². The molecule has 0 radical (unpaired) electrons. The lowest BCUT2D eigenvalue weighted by atomic mass is 9.68. The van der Waals surface area contributed by atoms with Crippen LogP contribution in [0.4, 0.5) is 4.39 Å². The van der Waals surface area contributed by atoms with E-state index in [1.165, 1.54) is 11.6 Å². The quantitative estimate of drug-likeness (QED) is 0.420. The number of aromatic nitrogens is 1. The Hall–Kier alpha value is -3.68. The van der Waals surface area contributed by atoms with Crippen molar-refractivity contribution < 1.29 is 19.0 Å². The summed E-state index contributed by atoms with van der Waals surface area (Å²) in [4.78, 5) is 17.4. The molecular formula is C31H32FN3O3. The maximum Gasteiger partial charge on any atom is 0.227 e. The third-order valence-corrected chi connectivity index (χ3v) is 8.23. The predicted octanol–water partition coefficient (Wildman–Crippen LogP) is 4.20. The van der Waals surface area contributed by atoms with E-state index in [4.69, 9.17) is 4.74 Å². The van der Waals surface area contributed by atoms with Gasteiger partial charge in [0.25, 0.3) is 0 Å². The molecule has 2 aliphatic heterocycles. The summed E-state index contributed by atoms with van der Waals surface area (Å²) in [6.07, 6.45) is 0.378. The number of hydrogen-bond donors (Lipinski definition) is 1. The van der Waals surface area contributed by atoms with E-state index in [1.807, 2.05) is 60.5 Å². The molecule has 0 aliphatic carbocycles. The Morgan fingerprint density at radius 1 is 1.03 bits per heavy atom. The first-order chi connectivity index (χ1) is 18.4. The number of amides is 1. The molecule has 0 saturated carbocycles. The number of rotatable bonds is 6. The topological polar surface area (TPSA) is 57.9 Å². The first-order valence-electron chi connectivity index (χ1n) is 13.0. The van der Waals surface area contributed by atoms with Crippen LogP contribution >= 0.6 is 0 Å². The van der Waals surface area contributed by atoms with E-state index in [2.05, 4.69) is 15.5 Å². The Morgan fingerprint density at radius 3 is 2.50 bits per heavy atom. The van der Waals surface area contributed by atoms with Crippen molar-refractivity contribution in [2.45, 2.75) is 24.4 Å². The molecule has 196 valence electrons. The van der Waals surface area contributed by atoms with Crippen LogP contribution in [-0.2, 0) is 30.2 Å². The standard InChI is InChI=1S/C31H32FN3O3/c1-33-26-15-24(38-2)11-12-25(26)29-30(33)27(17-36)34(16-22-9-6-10-23(32)13-22)18-31(29)19-35(20-31)28(37)14-21-7-4-3-5-8-21/h3-13,15,27,36H,14,16-20H2,1-2H3/t27-/m1/s1. The fourth-order valence-electron chi connectivity index (χ4n) is 6.50. The van der Waals surface area contributed by atoms with E-state index in [0.717, 1.165) is 33.5 Å². The highest BCUT2D eigenvalue weighted by atomic mass is 19.1. The number of carbonyl (C=O) groups excluding carboxylic acids is 1. The first-order valence-corrected chi connectivity index (χ1v) is 13.0. The van der Waals surface area contributed by atoms with Gasteiger partial charge in [0.2, 0.25) is 5.91 Å². The van der Waals surface area contributed by atoms with Crippen molar-refractivity contribution in [2.75, 3.05) is 33.4 Å². The lowest BCUT2D eigenvalue weighted by Gasteiger charge is -2.56. The van der Waals surface area contributed by atoms with Gasteiger partial charge in [-0.2, -0.15) is 0 Å². The van der Waals surface area contributed by atoms with Gasteiger partial charge >= 0.3 is 0 Å². The summed E-state index contributed by atoms with van der Waals surface area (Å²) in [6, 6.07) is 22.3. The monoisotopic (exact) mass is 513 g/mol. The van der Waals surface area contributed by atoms with Gasteiger partial charge in [0.1, 0.15) is 11.6 Å². The number of likely N-dealkylation sites (tertiary alicyclic amines) is 1. The number of methoxy groups -OCH3 is 1. The Labute approximate surface area is 221 Å². The van der Waals surface area contributed by atoms with Crippen LogP contribution in [0.3, 0.4) is 0 Å². The highest BCUT2D eigenvalue weighted by Crippen LogP contribution is 2.50. The average molecular weight is 514 g/mol. The minimum absolute atomic E-state index is 0.0592. The number of aryl methyl sites for hydroxylation is 1. The smallest absolute Gasteiger partial charge is 0.227 e. The highest BCUT2D eigenvalue weighted by molar-refractivity contribution is 5.90. The zero-order chi connectivity index (χ0) is 26.4. The van der Waals surface area contributed by atoms with E-state index >= 15 is 0 Å². The second-order valence-electron chi connectivity index (χ2n) is 10.6. The van der Waals surface area contributed by atoms with Gasteiger partial charge < -0.3 is 19.3 Å². The minimum Gasteiger partial charge on any atom is -0.497 e. The molecule has 1 amide bonds. The summed E-state index contributed by atoms with van der Waals surface area (Å²) in [5.74, 6) is 0.620. The summed E-state index contributed by atoms with van der Waals surface area (Å²) < 4.78 is 21.7. The van der Waals surface area contributed by atoms with E-state index in [1.54, 1.807) is 19.2 Å². The third kappa shape index (κ3) is 4.06. The van der Waals surface area contributed by atoms with Crippen LogP contribution in [0, 0.1) is 5.82 Å². The van der Waals surface area contributed by atoms with Crippen molar-refractivity contribution >= 4 is 16.8 Å². The van der Waals surface area contributed by atoms with Crippen molar-refractivity contribution in [3.05, 3.63) is 101 Å². The second kappa shape index (κ2) is 9.57. The molecule has 1 atom stereocenters. The first kappa shape index (κ1) is 24.6. The molecule has 3 aromatic carbocycles. The van der Waals surface area contributed by atoms with E-state index in [9.17, 15) is 14.3 Å². The Balaban J connectivity index is 1.40. The molecule has 4 aromatic rings. The van der Waals surface area contributed by atoms with E-state index in [0.29, 0.717) is 32.6 Å². The normalized spacial score (nSPS) is 18.4. The van der Waals surface area contributed by atoms with Crippen molar-refractivity contribution in [3.8, 4) is 5.75 Å². The SMILES string of the molecule is COc1ccc2c3c(n(C)c2c1)[C@@H](CO)N(Cc1cccc(F)c1)CC31CN(C(=O)Cc2ccccc2)C1. The van der Waals surface area contributed by atoms with Gasteiger partial charge in [0.05, 0.1) is 31.7 Å². The number of ether oxygens (including phenoxy) is 1. The molecule has 38 heavy (non-hydrogen) atoms. The molecule has 1 N–H and O–H groups in total. The van der Waals surface area contributed by atoms with Gasteiger partial charge in [-0.3, -0.25) is 9.69 Å². The maximum atomic E-state index is 14.0. The zero-order valence-electron chi connectivity index (χ0n) is 21.7. The lowest BCUT2D eigenvalue weighted by molar-refractivity contribution is -0.140. The van der Waals surface area contributed by atoms with Crippen LogP contribution in [-0.4, -0.2) is 58.7 Å². The number of fused-ring (bicyclic) bond motifs is 4. The molecule has 1 spiro atoms. The zero-order valence-corrected chi connectivity index (χ0v) is 21.7. The molecular weight excluding hydrogens is 481 g/mol. The molecule has 0 unspecified atom stereocenters. The summed E-state index contributed by atoms with van der Waals surface area (Å²) in [5, 5.41) is 11.8. The van der Waals surface area contributed by atoms with Crippen LogP contribution < -0.4 is 4.74 Å². The number of aliphatic hydroxyl groups excluding tert-OH is 1. The molecule has 6 nitrogen and oxygen atoms in total. The minimum atomic E-state index is -0.283. The van der Waals surface area contributed by atoms with Gasteiger partial charge in [0.15, 0.2) is 0 Å². The molecule has 1 fully saturated rings. The van der Waals surface area contributed by atoms with E-state index in [-0.39, 0.29) is 29.8 Å². The number of aliphatic hydroxyl groups is 1. The summed E-state index contributed by atoms with van der Waals surface area (Å²) in [7, 11) is 3.69. The third-order valence-electron chi connectivity index (χ3n) is 8.23. The van der Waals surface area contributed by atoms with Crippen LogP contribution in [0.2, 0.25) is 0 Å². The number of nitrogens with zero attached hydrogens (tertiary/aromatic N) is 3. The van der Waals surface area contributed by atoms with Gasteiger partial charge in [-0.1, -0.05) is 42.5 Å². The molecule has 7 heteroatoms. The lowest BCUT2D eigenvalue weighted by Crippen LogP contribution is -2.67. The fraction of sp³-hybridized carbons (Fsp3) is 0.323. The van der Waals surface area contributed by atoms with E-state index < -0.39 is 0 Å². The molecule has 3 heterocycles. The number of halogens is 1. The largest absolute Gasteiger partial charge is 0.497 e. The number of benzene rings is 3. The van der Waals surface area contributed by atoms with Crippen molar-refractivity contribution in [1.82, 2.24) is 14.4 Å². The van der Waals surface area contributed by atoms with Crippen LogP contribution in [0.15, 0.2) is 72.8 Å². The fourth-order valence-corrected chi connectivity index (χ4v) is 6.50. The highest BCUT2D eigenvalue weighted by Gasteiger charge is 2.54. The number of carbonyl (C=O) groups is 1.